The second kappa shape index (κ2) is 4.54. The molecule has 1 fully saturated rings. The van der Waals surface area contributed by atoms with Crippen molar-refractivity contribution in [1.29, 1.82) is 0 Å². The standard InChI is InChI=1S/C12H16BrNO/c1-9-5-10(13)7-12(6-9)14-4-2-3-11(14)8-15/h5-7,11,15H,2-4,8H2,1H3/t11-/m0/s1. The Bertz CT molecular complexity index is 333. The van der Waals surface area contributed by atoms with Crippen LogP contribution in [0.2, 0.25) is 0 Å². The van der Waals surface area contributed by atoms with E-state index in [1.165, 1.54) is 17.7 Å². The number of halogens is 1. The molecule has 1 N–H and O–H groups in total. The Balaban J connectivity index is 2.28. The van der Waals surface area contributed by atoms with Crippen LogP contribution < -0.4 is 4.90 Å². The topological polar surface area (TPSA) is 23.5 Å². The molecule has 0 spiro atoms. The Morgan fingerprint density at radius 2 is 2.27 bits per heavy atom. The minimum absolute atomic E-state index is 0.256. The lowest BCUT2D eigenvalue weighted by atomic mass is 10.2. The van der Waals surface area contributed by atoms with E-state index in [1.807, 2.05) is 0 Å². The van der Waals surface area contributed by atoms with Gasteiger partial charge in [0, 0.05) is 16.7 Å². The van der Waals surface area contributed by atoms with Crippen LogP contribution in [0.3, 0.4) is 0 Å². The number of hydrogen-bond donors (Lipinski definition) is 1. The predicted molar refractivity (Wildman–Crippen MR) is 66.3 cm³/mol. The van der Waals surface area contributed by atoms with Gasteiger partial charge in [0.15, 0.2) is 0 Å². The minimum Gasteiger partial charge on any atom is -0.394 e. The summed E-state index contributed by atoms with van der Waals surface area (Å²) in [6, 6.07) is 6.71. The van der Waals surface area contributed by atoms with E-state index >= 15 is 0 Å². The van der Waals surface area contributed by atoms with Gasteiger partial charge in [-0.2, -0.15) is 0 Å². The molecule has 3 heteroatoms. The zero-order valence-corrected chi connectivity index (χ0v) is 10.5. The fourth-order valence-electron chi connectivity index (χ4n) is 2.25. The molecule has 1 aromatic carbocycles. The SMILES string of the molecule is Cc1cc(Br)cc(N2CCC[C@H]2CO)c1. The van der Waals surface area contributed by atoms with Crippen LogP contribution in [0.5, 0.6) is 0 Å². The first kappa shape index (κ1) is 11.0. The summed E-state index contributed by atoms with van der Waals surface area (Å²) in [6.45, 7) is 3.41. The Kier molecular flexibility index (Phi) is 3.32. The van der Waals surface area contributed by atoms with Crippen LogP contribution in [0.4, 0.5) is 5.69 Å². The Morgan fingerprint density at radius 3 is 2.93 bits per heavy atom. The van der Waals surface area contributed by atoms with Crippen molar-refractivity contribution in [2.45, 2.75) is 25.8 Å². The summed E-state index contributed by atoms with van der Waals surface area (Å²) in [6.07, 6.45) is 2.28. The third kappa shape index (κ3) is 2.34. The van der Waals surface area contributed by atoms with Crippen LogP contribution in [0.15, 0.2) is 22.7 Å². The lowest BCUT2D eigenvalue weighted by Gasteiger charge is -2.25. The van der Waals surface area contributed by atoms with Gasteiger partial charge >= 0.3 is 0 Å². The highest BCUT2D eigenvalue weighted by Gasteiger charge is 2.23. The van der Waals surface area contributed by atoms with Gasteiger partial charge in [0.25, 0.3) is 0 Å². The maximum atomic E-state index is 9.28. The summed E-state index contributed by atoms with van der Waals surface area (Å²) in [5.74, 6) is 0. The minimum atomic E-state index is 0.256. The molecule has 1 atom stereocenters. The molecule has 0 saturated carbocycles. The van der Waals surface area contributed by atoms with Gasteiger partial charge in [-0.05, 0) is 43.5 Å². The molecule has 0 amide bonds. The summed E-state index contributed by atoms with van der Waals surface area (Å²) in [7, 11) is 0. The zero-order valence-electron chi connectivity index (χ0n) is 8.91. The van der Waals surface area contributed by atoms with Gasteiger partial charge in [-0.3, -0.25) is 0 Å². The molecule has 1 aliphatic rings. The van der Waals surface area contributed by atoms with E-state index in [0.29, 0.717) is 6.04 Å². The fraction of sp³-hybridized carbons (Fsp3) is 0.500. The average Bonchev–Trinajstić information content (AvgIpc) is 2.63. The first-order valence-electron chi connectivity index (χ1n) is 5.35. The second-order valence-corrected chi connectivity index (χ2v) is 5.07. The molecule has 0 aliphatic carbocycles. The highest BCUT2D eigenvalue weighted by Crippen LogP contribution is 2.28. The molecule has 15 heavy (non-hydrogen) atoms. The highest BCUT2D eigenvalue weighted by atomic mass is 79.9. The normalized spacial score (nSPS) is 21.0. The predicted octanol–water partition coefficient (Wildman–Crippen LogP) is 2.72. The number of aryl methyl sites for hydroxylation is 1. The van der Waals surface area contributed by atoms with Gasteiger partial charge in [-0.25, -0.2) is 0 Å². The molecular weight excluding hydrogens is 254 g/mol. The van der Waals surface area contributed by atoms with Crippen LogP contribution in [0.1, 0.15) is 18.4 Å². The average molecular weight is 270 g/mol. The first-order valence-corrected chi connectivity index (χ1v) is 6.14. The fourth-order valence-corrected chi connectivity index (χ4v) is 2.84. The van der Waals surface area contributed by atoms with Gasteiger partial charge in [-0.15, -0.1) is 0 Å². The van der Waals surface area contributed by atoms with Crippen molar-refractivity contribution in [1.82, 2.24) is 0 Å². The highest BCUT2D eigenvalue weighted by molar-refractivity contribution is 9.10. The molecule has 2 nitrogen and oxygen atoms in total. The molecule has 0 radical (unpaired) electrons. The molecule has 1 saturated heterocycles. The molecular formula is C12H16BrNO. The third-order valence-corrected chi connectivity index (χ3v) is 3.40. The van der Waals surface area contributed by atoms with E-state index in [1.54, 1.807) is 0 Å². The smallest absolute Gasteiger partial charge is 0.0635 e. The summed E-state index contributed by atoms with van der Waals surface area (Å²) in [5.41, 5.74) is 2.47. The van der Waals surface area contributed by atoms with Crippen molar-refractivity contribution in [2.75, 3.05) is 18.1 Å². The number of rotatable bonds is 2. The number of hydrogen-bond acceptors (Lipinski definition) is 2. The first-order chi connectivity index (χ1) is 7.20. The van der Waals surface area contributed by atoms with Gasteiger partial charge in [0.1, 0.15) is 0 Å². The van der Waals surface area contributed by atoms with Gasteiger partial charge in [0.2, 0.25) is 0 Å². The van der Waals surface area contributed by atoms with Crippen LogP contribution in [-0.4, -0.2) is 24.3 Å². The van der Waals surface area contributed by atoms with E-state index in [0.717, 1.165) is 17.4 Å². The molecule has 0 unspecified atom stereocenters. The largest absolute Gasteiger partial charge is 0.394 e. The number of aliphatic hydroxyl groups excluding tert-OH is 1. The van der Waals surface area contributed by atoms with Gasteiger partial charge in [-0.1, -0.05) is 15.9 Å². The van der Waals surface area contributed by atoms with Crippen molar-refractivity contribution in [2.24, 2.45) is 0 Å². The van der Waals surface area contributed by atoms with Gasteiger partial charge in [0.05, 0.1) is 12.6 Å². The number of aliphatic hydroxyl groups is 1. The van der Waals surface area contributed by atoms with E-state index in [-0.39, 0.29) is 6.61 Å². The van der Waals surface area contributed by atoms with Crippen LogP contribution in [0, 0.1) is 6.92 Å². The Hall–Kier alpha value is -0.540. The molecule has 0 bridgehead atoms. The number of anilines is 1. The van der Waals surface area contributed by atoms with Crippen molar-refractivity contribution in [3.05, 3.63) is 28.2 Å². The Morgan fingerprint density at radius 1 is 1.47 bits per heavy atom. The van der Waals surface area contributed by atoms with E-state index in [2.05, 4.69) is 46.0 Å². The summed E-state index contributed by atoms with van der Waals surface area (Å²) < 4.78 is 1.11. The van der Waals surface area contributed by atoms with E-state index < -0.39 is 0 Å². The van der Waals surface area contributed by atoms with E-state index in [4.69, 9.17) is 0 Å². The van der Waals surface area contributed by atoms with Crippen molar-refractivity contribution < 1.29 is 5.11 Å². The molecule has 1 aliphatic heterocycles. The summed E-state index contributed by atoms with van der Waals surface area (Å²) in [4.78, 5) is 2.30. The van der Waals surface area contributed by atoms with E-state index in [9.17, 15) is 5.11 Å². The van der Waals surface area contributed by atoms with Crippen molar-refractivity contribution in [3.63, 3.8) is 0 Å². The molecule has 0 aromatic heterocycles. The van der Waals surface area contributed by atoms with Crippen molar-refractivity contribution in [3.8, 4) is 0 Å². The molecule has 1 aromatic rings. The lowest BCUT2D eigenvalue weighted by Crippen LogP contribution is -2.31. The number of benzene rings is 1. The quantitative estimate of drug-likeness (QED) is 0.893. The third-order valence-electron chi connectivity index (χ3n) is 2.95. The molecule has 82 valence electrons. The van der Waals surface area contributed by atoms with Crippen molar-refractivity contribution >= 4 is 21.6 Å². The number of nitrogens with zero attached hydrogens (tertiary/aromatic N) is 1. The monoisotopic (exact) mass is 269 g/mol. The zero-order chi connectivity index (χ0) is 10.8. The summed E-state index contributed by atoms with van der Waals surface area (Å²) >= 11 is 3.51. The maximum Gasteiger partial charge on any atom is 0.0635 e. The molecule has 2 rings (SSSR count). The molecule has 1 heterocycles. The maximum absolute atomic E-state index is 9.28. The Labute approximate surface area is 99.0 Å². The van der Waals surface area contributed by atoms with Crippen LogP contribution in [-0.2, 0) is 0 Å². The van der Waals surface area contributed by atoms with Gasteiger partial charge < -0.3 is 10.0 Å². The second-order valence-electron chi connectivity index (χ2n) is 4.16. The van der Waals surface area contributed by atoms with Crippen LogP contribution >= 0.6 is 15.9 Å². The lowest BCUT2D eigenvalue weighted by molar-refractivity contribution is 0.266. The van der Waals surface area contributed by atoms with Crippen LogP contribution in [0.25, 0.3) is 0 Å². The summed E-state index contributed by atoms with van der Waals surface area (Å²) in [5, 5.41) is 9.28.